The molecule has 3 rings (SSSR count). The van der Waals surface area contributed by atoms with Crippen molar-refractivity contribution in [2.45, 2.75) is 0 Å². The number of thiazole rings is 1. The Bertz CT molecular complexity index is 772. The molecular formula is C14H10ClN3OS. The molecule has 0 fully saturated rings. The molecule has 0 saturated carbocycles. The van der Waals surface area contributed by atoms with Crippen LogP contribution in [0.4, 0.5) is 5.69 Å². The van der Waals surface area contributed by atoms with Gasteiger partial charge in [-0.05, 0) is 36.4 Å². The van der Waals surface area contributed by atoms with Gasteiger partial charge in [-0.1, -0.05) is 17.7 Å². The Balaban J connectivity index is 1.72. The molecule has 0 aliphatic rings. The van der Waals surface area contributed by atoms with E-state index in [4.69, 9.17) is 11.6 Å². The molecule has 6 heteroatoms. The number of benzene rings is 2. The van der Waals surface area contributed by atoms with E-state index < -0.39 is 0 Å². The number of nitrogens with zero attached hydrogens (tertiary/aromatic N) is 1. The molecule has 2 N–H and O–H groups in total. The van der Waals surface area contributed by atoms with Crippen LogP contribution in [-0.4, -0.2) is 10.9 Å². The standard InChI is InChI=1S/C14H10ClN3OS/c15-10-2-1-3-11(7-10)17-18-14(19)9-4-5-12-13(6-9)20-8-16-12/h1-8,17H,(H,18,19). The molecule has 4 nitrogen and oxygen atoms in total. The second-order valence-corrected chi connectivity index (χ2v) is 5.45. The number of amides is 1. The molecule has 0 radical (unpaired) electrons. The lowest BCUT2D eigenvalue weighted by molar-refractivity contribution is 0.0963. The summed E-state index contributed by atoms with van der Waals surface area (Å²) in [6.45, 7) is 0. The Morgan fingerprint density at radius 1 is 1.20 bits per heavy atom. The average molecular weight is 304 g/mol. The third-order valence-corrected chi connectivity index (χ3v) is 3.77. The van der Waals surface area contributed by atoms with Crippen LogP contribution in [0.15, 0.2) is 48.0 Å². The van der Waals surface area contributed by atoms with Gasteiger partial charge in [-0.3, -0.25) is 15.6 Å². The van der Waals surface area contributed by atoms with Gasteiger partial charge in [-0.2, -0.15) is 0 Å². The van der Waals surface area contributed by atoms with E-state index in [2.05, 4.69) is 15.8 Å². The summed E-state index contributed by atoms with van der Waals surface area (Å²) in [6, 6.07) is 12.5. The minimum Gasteiger partial charge on any atom is -0.298 e. The van der Waals surface area contributed by atoms with Gasteiger partial charge >= 0.3 is 0 Å². The largest absolute Gasteiger partial charge is 0.298 e. The van der Waals surface area contributed by atoms with E-state index in [1.165, 1.54) is 11.3 Å². The quantitative estimate of drug-likeness (QED) is 0.725. The van der Waals surface area contributed by atoms with Gasteiger partial charge in [0.1, 0.15) is 0 Å². The highest BCUT2D eigenvalue weighted by molar-refractivity contribution is 7.16. The molecule has 0 aliphatic heterocycles. The lowest BCUT2D eigenvalue weighted by Crippen LogP contribution is -2.29. The average Bonchev–Trinajstić information content (AvgIpc) is 2.92. The Morgan fingerprint density at radius 2 is 2.10 bits per heavy atom. The Hall–Kier alpha value is -2.11. The highest BCUT2D eigenvalue weighted by Gasteiger charge is 2.07. The van der Waals surface area contributed by atoms with Crippen molar-refractivity contribution in [3.8, 4) is 0 Å². The number of fused-ring (bicyclic) bond motifs is 1. The SMILES string of the molecule is O=C(NNc1cccc(Cl)c1)c1ccc2ncsc2c1. The molecule has 1 heterocycles. The van der Waals surface area contributed by atoms with Crippen molar-refractivity contribution in [3.05, 3.63) is 58.6 Å². The summed E-state index contributed by atoms with van der Waals surface area (Å²) < 4.78 is 0.986. The van der Waals surface area contributed by atoms with Crippen LogP contribution in [-0.2, 0) is 0 Å². The van der Waals surface area contributed by atoms with Gasteiger partial charge in [0.25, 0.3) is 5.91 Å². The summed E-state index contributed by atoms with van der Waals surface area (Å²) in [7, 11) is 0. The molecule has 0 spiro atoms. The van der Waals surface area contributed by atoms with Crippen molar-refractivity contribution in [1.29, 1.82) is 0 Å². The fourth-order valence-electron chi connectivity index (χ4n) is 1.76. The number of hydrazine groups is 1. The highest BCUT2D eigenvalue weighted by Crippen LogP contribution is 2.19. The second kappa shape index (κ2) is 5.48. The molecule has 2 aromatic carbocycles. The van der Waals surface area contributed by atoms with E-state index in [-0.39, 0.29) is 5.91 Å². The van der Waals surface area contributed by atoms with Crippen molar-refractivity contribution in [1.82, 2.24) is 10.4 Å². The lowest BCUT2D eigenvalue weighted by atomic mass is 10.2. The first-order chi connectivity index (χ1) is 9.72. The van der Waals surface area contributed by atoms with Crippen LogP contribution in [0.3, 0.4) is 0 Å². The van der Waals surface area contributed by atoms with Crippen LogP contribution < -0.4 is 10.9 Å². The summed E-state index contributed by atoms with van der Waals surface area (Å²) in [4.78, 5) is 16.2. The molecule has 1 amide bonds. The number of hydrogen-bond acceptors (Lipinski definition) is 4. The van der Waals surface area contributed by atoms with Gasteiger partial charge < -0.3 is 0 Å². The predicted octanol–water partition coefficient (Wildman–Crippen LogP) is 3.71. The Morgan fingerprint density at radius 3 is 2.95 bits per heavy atom. The molecular weight excluding hydrogens is 294 g/mol. The van der Waals surface area contributed by atoms with Gasteiger partial charge in [0, 0.05) is 10.6 Å². The normalized spacial score (nSPS) is 10.4. The van der Waals surface area contributed by atoms with Crippen LogP contribution in [0.1, 0.15) is 10.4 Å². The van der Waals surface area contributed by atoms with E-state index in [9.17, 15) is 4.79 Å². The van der Waals surface area contributed by atoms with Gasteiger partial charge in [0.2, 0.25) is 0 Å². The summed E-state index contributed by atoms with van der Waals surface area (Å²) >= 11 is 7.38. The molecule has 0 unspecified atom stereocenters. The Kier molecular flexibility index (Phi) is 3.54. The number of aromatic nitrogens is 1. The number of halogens is 1. The Labute approximate surface area is 124 Å². The molecule has 1 aromatic heterocycles. The molecule has 0 aliphatic carbocycles. The fraction of sp³-hybridized carbons (Fsp3) is 0. The summed E-state index contributed by atoms with van der Waals surface area (Å²) in [5, 5.41) is 0.607. The minimum atomic E-state index is -0.208. The summed E-state index contributed by atoms with van der Waals surface area (Å²) in [5.41, 5.74) is 9.43. The zero-order chi connectivity index (χ0) is 13.9. The maximum absolute atomic E-state index is 12.0. The number of carbonyl (C=O) groups excluding carboxylic acids is 1. The third-order valence-electron chi connectivity index (χ3n) is 2.74. The predicted molar refractivity (Wildman–Crippen MR) is 82.2 cm³/mol. The monoisotopic (exact) mass is 303 g/mol. The lowest BCUT2D eigenvalue weighted by Gasteiger charge is -2.08. The van der Waals surface area contributed by atoms with Crippen molar-refractivity contribution < 1.29 is 4.79 Å². The van der Waals surface area contributed by atoms with Crippen molar-refractivity contribution in [2.75, 3.05) is 5.43 Å². The van der Waals surface area contributed by atoms with E-state index in [1.807, 2.05) is 18.2 Å². The summed E-state index contributed by atoms with van der Waals surface area (Å²) in [5.74, 6) is -0.208. The smallest absolute Gasteiger partial charge is 0.269 e. The van der Waals surface area contributed by atoms with Crippen LogP contribution in [0.2, 0.25) is 5.02 Å². The van der Waals surface area contributed by atoms with Gasteiger partial charge in [-0.15, -0.1) is 11.3 Å². The van der Waals surface area contributed by atoms with Gasteiger partial charge in [0.05, 0.1) is 21.4 Å². The molecule has 20 heavy (non-hydrogen) atoms. The van der Waals surface area contributed by atoms with Crippen molar-refractivity contribution in [2.24, 2.45) is 0 Å². The minimum absolute atomic E-state index is 0.208. The number of rotatable bonds is 3. The molecule has 100 valence electrons. The highest BCUT2D eigenvalue weighted by atomic mass is 35.5. The third kappa shape index (κ3) is 2.74. The summed E-state index contributed by atoms with van der Waals surface area (Å²) in [6.07, 6.45) is 0. The first-order valence-electron chi connectivity index (χ1n) is 5.87. The topological polar surface area (TPSA) is 54.0 Å². The number of carbonyl (C=O) groups is 1. The van der Waals surface area contributed by atoms with Crippen molar-refractivity contribution in [3.63, 3.8) is 0 Å². The van der Waals surface area contributed by atoms with Crippen LogP contribution in [0, 0.1) is 0 Å². The van der Waals surface area contributed by atoms with Crippen LogP contribution in [0.25, 0.3) is 10.2 Å². The van der Waals surface area contributed by atoms with E-state index in [1.54, 1.807) is 29.8 Å². The first-order valence-corrected chi connectivity index (χ1v) is 7.13. The fourth-order valence-corrected chi connectivity index (χ4v) is 2.67. The van der Waals surface area contributed by atoms with E-state index in [0.717, 1.165) is 15.9 Å². The zero-order valence-electron chi connectivity index (χ0n) is 10.3. The number of nitrogens with one attached hydrogen (secondary N) is 2. The van der Waals surface area contributed by atoms with Crippen molar-refractivity contribution >= 4 is 44.7 Å². The molecule has 3 aromatic rings. The molecule has 0 bridgehead atoms. The van der Waals surface area contributed by atoms with E-state index >= 15 is 0 Å². The molecule has 0 saturated heterocycles. The first kappa shape index (κ1) is 12.9. The van der Waals surface area contributed by atoms with Crippen LogP contribution >= 0.6 is 22.9 Å². The van der Waals surface area contributed by atoms with Gasteiger partial charge in [-0.25, -0.2) is 4.98 Å². The number of anilines is 1. The number of hydrogen-bond donors (Lipinski definition) is 2. The maximum atomic E-state index is 12.0. The molecule has 0 atom stereocenters. The zero-order valence-corrected chi connectivity index (χ0v) is 11.8. The van der Waals surface area contributed by atoms with E-state index in [0.29, 0.717) is 10.6 Å². The second-order valence-electron chi connectivity index (χ2n) is 4.12. The van der Waals surface area contributed by atoms with Crippen LogP contribution in [0.5, 0.6) is 0 Å². The van der Waals surface area contributed by atoms with Gasteiger partial charge in [0.15, 0.2) is 0 Å². The maximum Gasteiger partial charge on any atom is 0.269 e.